The van der Waals surface area contributed by atoms with Crippen molar-refractivity contribution in [3.63, 3.8) is 0 Å². The van der Waals surface area contributed by atoms with Gasteiger partial charge in [0.2, 0.25) is 5.16 Å². The number of aromatic nitrogens is 3. The van der Waals surface area contributed by atoms with Crippen molar-refractivity contribution in [2.24, 2.45) is 0 Å². The molecule has 1 atom stereocenters. The molecule has 0 unspecified atom stereocenters. The van der Waals surface area contributed by atoms with Crippen molar-refractivity contribution in [2.75, 3.05) is 0 Å². The molecule has 3 aromatic rings. The second-order valence-corrected chi connectivity index (χ2v) is 6.92. The molecule has 3 rings (SSSR count). The molecule has 1 heterocycles. The summed E-state index contributed by atoms with van der Waals surface area (Å²) in [7, 11) is 0. The molecule has 0 radical (unpaired) electrons. The Morgan fingerprint density at radius 3 is 2.59 bits per heavy atom. The van der Waals surface area contributed by atoms with Gasteiger partial charge in [-0.15, -0.1) is 5.10 Å². The lowest BCUT2D eigenvalue weighted by atomic mass is 10.2. The highest BCUT2D eigenvalue weighted by Crippen LogP contribution is 2.34. The number of rotatable bonds is 4. The number of benzene rings is 2. The van der Waals surface area contributed by atoms with E-state index in [9.17, 15) is 4.39 Å². The summed E-state index contributed by atoms with van der Waals surface area (Å²) < 4.78 is 13.9. The average molecular weight is 378 g/mol. The van der Waals surface area contributed by atoms with Crippen LogP contribution in [0.1, 0.15) is 17.7 Å². The zero-order valence-electron chi connectivity index (χ0n) is 11.8. The Morgan fingerprint density at radius 1 is 1.14 bits per heavy atom. The van der Waals surface area contributed by atoms with Gasteiger partial charge < -0.3 is 0 Å². The van der Waals surface area contributed by atoms with E-state index >= 15 is 0 Å². The number of nitrogens with one attached hydrogen (secondary N) is 1. The van der Waals surface area contributed by atoms with E-state index in [1.165, 1.54) is 23.9 Å². The fraction of sp³-hybridized carbons (Fsp3) is 0.125. The number of thioether (sulfide) groups is 1. The van der Waals surface area contributed by atoms with Gasteiger partial charge in [-0.05, 0) is 30.7 Å². The van der Waals surface area contributed by atoms with E-state index in [1.807, 2.05) is 31.2 Å². The molecule has 0 spiro atoms. The van der Waals surface area contributed by atoms with Gasteiger partial charge in [-0.2, -0.15) is 0 Å². The van der Waals surface area contributed by atoms with Crippen molar-refractivity contribution in [2.45, 2.75) is 17.3 Å². The first-order chi connectivity index (χ1) is 10.6. The fourth-order valence-electron chi connectivity index (χ4n) is 2.03. The van der Waals surface area contributed by atoms with Gasteiger partial charge in [0.25, 0.3) is 0 Å². The Bertz CT molecular complexity index is 773. The molecule has 0 amide bonds. The molecular formula is C16H13BrFN3S. The molecule has 3 nitrogen and oxygen atoms in total. The predicted molar refractivity (Wildman–Crippen MR) is 90.2 cm³/mol. The topological polar surface area (TPSA) is 41.6 Å². The molecule has 22 heavy (non-hydrogen) atoms. The van der Waals surface area contributed by atoms with E-state index in [0.29, 0.717) is 5.16 Å². The van der Waals surface area contributed by atoms with Gasteiger partial charge in [0.1, 0.15) is 5.82 Å². The molecule has 0 aliphatic carbocycles. The summed E-state index contributed by atoms with van der Waals surface area (Å²) in [5.74, 6) is 0.497. The first kappa shape index (κ1) is 15.2. The van der Waals surface area contributed by atoms with Crippen molar-refractivity contribution >= 4 is 27.7 Å². The van der Waals surface area contributed by atoms with Gasteiger partial charge in [-0.25, -0.2) is 9.37 Å². The SMILES string of the molecule is C[C@H](Sc1n[nH]c(-c2ccccc2Br)n1)c1ccc(F)cc1. The van der Waals surface area contributed by atoms with Gasteiger partial charge in [0.05, 0.1) is 0 Å². The van der Waals surface area contributed by atoms with Crippen LogP contribution >= 0.6 is 27.7 Å². The van der Waals surface area contributed by atoms with Crippen LogP contribution in [-0.2, 0) is 0 Å². The molecule has 0 saturated carbocycles. The molecule has 112 valence electrons. The van der Waals surface area contributed by atoms with Crippen LogP contribution in [0.25, 0.3) is 11.4 Å². The van der Waals surface area contributed by atoms with Crippen LogP contribution in [0.15, 0.2) is 58.2 Å². The van der Waals surface area contributed by atoms with E-state index in [4.69, 9.17) is 0 Å². The summed E-state index contributed by atoms with van der Waals surface area (Å²) in [6.45, 7) is 2.05. The first-order valence-corrected chi connectivity index (χ1v) is 8.40. The normalized spacial score (nSPS) is 12.3. The van der Waals surface area contributed by atoms with Crippen molar-refractivity contribution in [1.29, 1.82) is 0 Å². The van der Waals surface area contributed by atoms with E-state index in [1.54, 1.807) is 12.1 Å². The largest absolute Gasteiger partial charge is 0.258 e. The molecule has 0 fully saturated rings. The second kappa shape index (κ2) is 6.62. The fourth-order valence-corrected chi connectivity index (χ4v) is 3.36. The van der Waals surface area contributed by atoms with Crippen LogP contribution in [0.5, 0.6) is 0 Å². The minimum Gasteiger partial charge on any atom is -0.258 e. The Kier molecular flexibility index (Phi) is 4.59. The van der Waals surface area contributed by atoms with Gasteiger partial charge in [0.15, 0.2) is 5.82 Å². The van der Waals surface area contributed by atoms with Gasteiger partial charge in [-0.1, -0.05) is 58.0 Å². The number of halogens is 2. The van der Waals surface area contributed by atoms with Crippen LogP contribution in [0, 0.1) is 5.82 Å². The van der Waals surface area contributed by atoms with E-state index in [-0.39, 0.29) is 11.1 Å². The van der Waals surface area contributed by atoms with Crippen molar-refractivity contribution in [1.82, 2.24) is 15.2 Å². The molecule has 2 aromatic carbocycles. The number of hydrogen-bond acceptors (Lipinski definition) is 3. The summed E-state index contributed by atoms with van der Waals surface area (Å²) in [4.78, 5) is 4.52. The summed E-state index contributed by atoms with van der Waals surface area (Å²) in [5, 5.41) is 8.02. The maximum absolute atomic E-state index is 13.0. The third-order valence-corrected chi connectivity index (χ3v) is 4.93. The molecule has 0 aliphatic rings. The van der Waals surface area contributed by atoms with Gasteiger partial charge in [-0.3, -0.25) is 5.10 Å². The van der Waals surface area contributed by atoms with Crippen LogP contribution in [0.3, 0.4) is 0 Å². The number of nitrogens with zero attached hydrogens (tertiary/aromatic N) is 2. The molecular weight excluding hydrogens is 365 g/mol. The highest BCUT2D eigenvalue weighted by molar-refractivity contribution is 9.10. The lowest BCUT2D eigenvalue weighted by Gasteiger charge is -2.08. The van der Waals surface area contributed by atoms with E-state index in [0.717, 1.165) is 21.4 Å². The van der Waals surface area contributed by atoms with Crippen LogP contribution in [0.2, 0.25) is 0 Å². The Balaban J connectivity index is 1.77. The predicted octanol–water partition coefficient (Wildman–Crippen LogP) is 5.23. The highest BCUT2D eigenvalue weighted by Gasteiger charge is 2.13. The lowest BCUT2D eigenvalue weighted by molar-refractivity contribution is 0.627. The zero-order chi connectivity index (χ0) is 15.5. The third kappa shape index (κ3) is 3.39. The molecule has 0 bridgehead atoms. The highest BCUT2D eigenvalue weighted by atomic mass is 79.9. The Hall–Kier alpha value is -1.66. The monoisotopic (exact) mass is 377 g/mol. The Morgan fingerprint density at radius 2 is 1.86 bits per heavy atom. The van der Waals surface area contributed by atoms with Crippen molar-refractivity contribution in [3.05, 3.63) is 64.4 Å². The minimum atomic E-state index is -0.227. The number of aromatic amines is 1. The van der Waals surface area contributed by atoms with Crippen LogP contribution in [0.4, 0.5) is 4.39 Å². The second-order valence-electron chi connectivity index (χ2n) is 4.76. The number of H-pyrrole nitrogens is 1. The molecule has 1 N–H and O–H groups in total. The summed E-state index contributed by atoms with van der Waals surface area (Å²) >= 11 is 5.04. The van der Waals surface area contributed by atoms with E-state index < -0.39 is 0 Å². The summed E-state index contributed by atoms with van der Waals surface area (Å²) in [6.07, 6.45) is 0. The first-order valence-electron chi connectivity index (χ1n) is 6.73. The van der Waals surface area contributed by atoms with Gasteiger partial charge >= 0.3 is 0 Å². The van der Waals surface area contributed by atoms with Gasteiger partial charge in [0, 0.05) is 15.3 Å². The molecule has 1 aromatic heterocycles. The summed E-state index contributed by atoms with van der Waals surface area (Å²) in [6, 6.07) is 14.4. The van der Waals surface area contributed by atoms with Crippen LogP contribution in [-0.4, -0.2) is 15.2 Å². The third-order valence-electron chi connectivity index (χ3n) is 3.22. The summed E-state index contributed by atoms with van der Waals surface area (Å²) in [5.41, 5.74) is 2.01. The quantitative estimate of drug-likeness (QED) is 0.633. The standard InChI is InChI=1S/C16H13BrFN3S/c1-10(11-6-8-12(18)9-7-11)22-16-19-15(20-21-16)13-4-2-3-5-14(13)17/h2-10H,1H3,(H,19,20,21)/t10-/m0/s1. The average Bonchev–Trinajstić information content (AvgIpc) is 2.96. The smallest absolute Gasteiger partial charge is 0.209 e. The van der Waals surface area contributed by atoms with E-state index in [2.05, 4.69) is 31.1 Å². The van der Waals surface area contributed by atoms with Crippen molar-refractivity contribution < 1.29 is 4.39 Å². The minimum absolute atomic E-state index is 0.142. The molecule has 0 aliphatic heterocycles. The lowest BCUT2D eigenvalue weighted by Crippen LogP contribution is -1.89. The van der Waals surface area contributed by atoms with Crippen molar-refractivity contribution in [3.8, 4) is 11.4 Å². The molecule has 0 saturated heterocycles. The zero-order valence-corrected chi connectivity index (χ0v) is 14.2. The molecule has 6 heteroatoms. The maximum Gasteiger partial charge on any atom is 0.209 e. The maximum atomic E-state index is 13.0. The van der Waals surface area contributed by atoms with Crippen LogP contribution < -0.4 is 0 Å². The number of hydrogen-bond donors (Lipinski definition) is 1. The Labute approximate surface area is 140 Å².